The van der Waals surface area contributed by atoms with Crippen LogP contribution in [0.15, 0.2) is 36.5 Å². The van der Waals surface area contributed by atoms with E-state index in [0.717, 1.165) is 63.0 Å². The minimum absolute atomic E-state index is 0.0418. The van der Waals surface area contributed by atoms with Crippen molar-refractivity contribution in [1.82, 2.24) is 25.3 Å². The summed E-state index contributed by atoms with van der Waals surface area (Å²) in [5.41, 5.74) is 1.37. The van der Waals surface area contributed by atoms with Crippen LogP contribution in [0.25, 0.3) is 0 Å². The maximum absolute atomic E-state index is 14.2. The number of likely N-dealkylation sites (tertiary alicyclic amines) is 1. The number of benzene rings is 1. The molecule has 1 aliphatic heterocycles. The highest BCUT2D eigenvalue weighted by Crippen LogP contribution is 2.58. The molecule has 1 aromatic heterocycles. The zero-order chi connectivity index (χ0) is 31.2. The third-order valence-corrected chi connectivity index (χ3v) is 11.5. The fraction of sp³-hybridized carbons (Fsp3) is 0.657. The van der Waals surface area contributed by atoms with Crippen LogP contribution in [0.5, 0.6) is 0 Å². The van der Waals surface area contributed by atoms with E-state index < -0.39 is 11.5 Å². The van der Waals surface area contributed by atoms with Crippen LogP contribution >= 0.6 is 0 Å². The second-order valence-corrected chi connectivity index (χ2v) is 14.9. The first-order chi connectivity index (χ1) is 21.0. The number of hydrogen-bond donors (Lipinski definition) is 3. The minimum Gasteiger partial charge on any atom is -0.353 e. The van der Waals surface area contributed by atoms with Gasteiger partial charge in [-0.25, -0.2) is 0 Å². The molecule has 6 rings (SSSR count). The lowest BCUT2D eigenvalue weighted by atomic mass is 9.66. The molecule has 4 fully saturated rings. The first kappa shape index (κ1) is 30.8. The summed E-state index contributed by atoms with van der Waals surface area (Å²) in [4.78, 5) is 43.8. The number of likely N-dealkylation sites (N-methyl/N-ethyl adjacent to an activating group) is 1. The molecule has 9 heteroatoms. The van der Waals surface area contributed by atoms with Crippen molar-refractivity contribution in [3.05, 3.63) is 47.8 Å². The van der Waals surface area contributed by atoms with Crippen LogP contribution in [0, 0.1) is 29.1 Å². The van der Waals surface area contributed by atoms with E-state index in [1.807, 2.05) is 24.3 Å². The number of hydrogen-bond acceptors (Lipinski definition) is 5. The fourth-order valence-electron chi connectivity index (χ4n) is 8.21. The van der Waals surface area contributed by atoms with E-state index in [1.165, 1.54) is 6.42 Å². The summed E-state index contributed by atoms with van der Waals surface area (Å²) in [7, 11) is 3.80. The summed E-state index contributed by atoms with van der Waals surface area (Å²) >= 11 is 0. The number of anilines is 1. The summed E-state index contributed by atoms with van der Waals surface area (Å²) < 4.78 is 1.54. The molecule has 44 heavy (non-hydrogen) atoms. The molecule has 3 saturated carbocycles. The zero-order valence-electron chi connectivity index (χ0n) is 27.1. The SMILES string of the molecule is CC1CC(C(C)NC(=O)C2(c3cccc(NC(=O)[C@@H](NC(=O)c4ccnn4C)C(C4CCC4)C4(C)CC4)c3)CCN(C)C2)C1. The molecule has 3 aliphatic carbocycles. The van der Waals surface area contributed by atoms with Gasteiger partial charge in [0, 0.05) is 31.5 Å². The summed E-state index contributed by atoms with van der Waals surface area (Å²) in [6.07, 6.45) is 10.1. The molecule has 2 aromatic rings. The molecule has 0 bridgehead atoms. The summed E-state index contributed by atoms with van der Waals surface area (Å²) in [6.45, 7) is 8.14. The number of rotatable bonds is 11. The van der Waals surface area contributed by atoms with Crippen molar-refractivity contribution in [1.29, 1.82) is 0 Å². The molecular weight excluding hydrogens is 552 g/mol. The van der Waals surface area contributed by atoms with E-state index in [1.54, 1.807) is 24.0 Å². The lowest BCUT2D eigenvalue weighted by Gasteiger charge is -2.42. The van der Waals surface area contributed by atoms with E-state index in [2.05, 4.69) is 53.8 Å². The van der Waals surface area contributed by atoms with Crippen LogP contribution < -0.4 is 16.0 Å². The van der Waals surface area contributed by atoms with Crippen molar-refractivity contribution in [3.63, 3.8) is 0 Å². The number of aryl methyl sites for hydroxylation is 1. The van der Waals surface area contributed by atoms with Gasteiger partial charge in [-0.05, 0) is 105 Å². The van der Waals surface area contributed by atoms with Crippen molar-refractivity contribution < 1.29 is 14.4 Å². The van der Waals surface area contributed by atoms with Gasteiger partial charge in [-0.15, -0.1) is 0 Å². The smallest absolute Gasteiger partial charge is 0.270 e. The molecular formula is C35H50N6O3. The van der Waals surface area contributed by atoms with Crippen LogP contribution in [0.3, 0.4) is 0 Å². The molecule has 238 valence electrons. The lowest BCUT2D eigenvalue weighted by Crippen LogP contribution is -2.54. The van der Waals surface area contributed by atoms with Crippen LogP contribution in [-0.4, -0.2) is 64.6 Å². The van der Waals surface area contributed by atoms with Crippen LogP contribution in [0.4, 0.5) is 5.69 Å². The third kappa shape index (κ3) is 5.92. The first-order valence-electron chi connectivity index (χ1n) is 16.7. The molecule has 9 nitrogen and oxygen atoms in total. The highest BCUT2D eigenvalue weighted by atomic mass is 16.2. The molecule has 4 aliphatic rings. The maximum atomic E-state index is 14.2. The summed E-state index contributed by atoms with van der Waals surface area (Å²) in [6, 6.07) is 8.98. The monoisotopic (exact) mass is 602 g/mol. The molecule has 3 N–H and O–H groups in total. The second-order valence-electron chi connectivity index (χ2n) is 14.9. The van der Waals surface area contributed by atoms with Crippen LogP contribution in [0.2, 0.25) is 0 Å². The molecule has 1 aromatic carbocycles. The Morgan fingerprint density at radius 1 is 1.02 bits per heavy atom. The fourth-order valence-corrected chi connectivity index (χ4v) is 8.21. The normalized spacial score (nSPS) is 28.2. The van der Waals surface area contributed by atoms with Crippen molar-refractivity contribution in [2.45, 2.75) is 89.6 Å². The van der Waals surface area contributed by atoms with E-state index in [0.29, 0.717) is 29.8 Å². The highest BCUT2D eigenvalue weighted by Gasteiger charge is 2.54. The quantitative estimate of drug-likeness (QED) is 0.351. The van der Waals surface area contributed by atoms with E-state index in [4.69, 9.17) is 0 Å². The number of amides is 3. The number of nitrogens with zero attached hydrogens (tertiary/aromatic N) is 3. The lowest BCUT2D eigenvalue weighted by molar-refractivity contribution is -0.127. The Labute approximate surface area is 261 Å². The van der Waals surface area contributed by atoms with Crippen LogP contribution in [-0.2, 0) is 22.1 Å². The molecule has 0 radical (unpaired) electrons. The standard InChI is InChI=1S/C35H50N6O3/c1-22-18-25(19-22)23(2)37-33(44)35(15-17-40(4)21-35)26-10-7-11-27(20-26)38-32(43)30(39-31(42)28-12-16-36-41(28)5)29(24-8-6-9-24)34(3)13-14-34/h7,10-12,16,20,22-25,29-30H,6,8-9,13-15,17-19,21H2,1-5H3,(H,37,44)(H,38,43)(H,39,42)/t22?,23?,25?,29?,30-,35?/m0/s1. The Morgan fingerprint density at radius 3 is 2.34 bits per heavy atom. The Bertz CT molecular complexity index is 1390. The predicted molar refractivity (Wildman–Crippen MR) is 171 cm³/mol. The Kier molecular flexibility index (Phi) is 8.37. The van der Waals surface area contributed by atoms with Gasteiger partial charge < -0.3 is 20.9 Å². The zero-order valence-corrected chi connectivity index (χ0v) is 27.1. The molecule has 3 unspecified atom stereocenters. The van der Waals surface area contributed by atoms with Crippen molar-refractivity contribution in [2.24, 2.45) is 36.1 Å². The topological polar surface area (TPSA) is 108 Å². The molecule has 3 amide bonds. The third-order valence-electron chi connectivity index (χ3n) is 11.5. The number of carbonyl (C=O) groups is 3. The van der Waals surface area contributed by atoms with Crippen molar-refractivity contribution in [2.75, 3.05) is 25.5 Å². The number of carbonyl (C=O) groups excluding carboxylic acids is 3. The van der Waals surface area contributed by atoms with E-state index >= 15 is 0 Å². The minimum atomic E-state index is -0.678. The van der Waals surface area contributed by atoms with Crippen LogP contribution in [0.1, 0.15) is 88.2 Å². The molecule has 0 spiro atoms. The van der Waals surface area contributed by atoms with Crippen molar-refractivity contribution in [3.8, 4) is 0 Å². The van der Waals surface area contributed by atoms with E-state index in [-0.39, 0.29) is 35.1 Å². The number of nitrogens with one attached hydrogen (secondary N) is 3. The second kappa shape index (κ2) is 12.0. The van der Waals surface area contributed by atoms with Gasteiger partial charge in [-0.1, -0.05) is 45.2 Å². The maximum Gasteiger partial charge on any atom is 0.270 e. The van der Waals surface area contributed by atoms with Gasteiger partial charge >= 0.3 is 0 Å². The summed E-state index contributed by atoms with van der Waals surface area (Å²) in [5, 5.41) is 13.9. The van der Waals surface area contributed by atoms with Gasteiger partial charge in [0.2, 0.25) is 11.8 Å². The van der Waals surface area contributed by atoms with Gasteiger partial charge in [0.15, 0.2) is 0 Å². The Balaban J connectivity index is 1.25. The Hall–Kier alpha value is -3.20. The van der Waals surface area contributed by atoms with Gasteiger partial charge in [0.1, 0.15) is 11.7 Å². The molecule has 4 atom stereocenters. The average Bonchev–Trinajstić information content (AvgIpc) is 3.32. The number of aromatic nitrogens is 2. The molecule has 2 heterocycles. The van der Waals surface area contributed by atoms with Gasteiger partial charge in [-0.3, -0.25) is 19.1 Å². The van der Waals surface area contributed by atoms with E-state index in [9.17, 15) is 14.4 Å². The highest BCUT2D eigenvalue weighted by molar-refractivity contribution is 6.01. The van der Waals surface area contributed by atoms with Gasteiger partial charge in [-0.2, -0.15) is 5.10 Å². The van der Waals surface area contributed by atoms with Crippen molar-refractivity contribution >= 4 is 23.4 Å². The Morgan fingerprint density at radius 2 is 1.77 bits per heavy atom. The largest absolute Gasteiger partial charge is 0.353 e. The predicted octanol–water partition coefficient (Wildman–Crippen LogP) is 4.50. The van der Waals surface area contributed by atoms with Gasteiger partial charge in [0.05, 0.1) is 5.41 Å². The summed E-state index contributed by atoms with van der Waals surface area (Å²) in [5.74, 6) is 1.34. The first-order valence-corrected chi connectivity index (χ1v) is 16.7. The average molecular weight is 603 g/mol. The van der Waals surface area contributed by atoms with Gasteiger partial charge in [0.25, 0.3) is 5.91 Å². The molecule has 1 saturated heterocycles.